The van der Waals surface area contributed by atoms with Gasteiger partial charge in [0, 0.05) is 31.9 Å². The summed E-state index contributed by atoms with van der Waals surface area (Å²) in [6.45, 7) is 6.32. The van der Waals surface area contributed by atoms with Crippen LogP contribution < -0.4 is 5.69 Å². The molecule has 0 saturated carbocycles. The highest BCUT2D eigenvalue weighted by Gasteiger charge is 2.21. The molecule has 24 heavy (non-hydrogen) atoms. The van der Waals surface area contributed by atoms with Gasteiger partial charge in [-0.15, -0.1) is 5.10 Å². The standard InChI is InChI=1S/C17H24N4O2S/c1-2-8-21-16(22)18-19-17(21)24-13-15-12-20(9-10-23-15)11-14-6-4-3-5-7-14/h3-7,15H,2,8-13H2,1H3,(H,18,22). The quantitative estimate of drug-likeness (QED) is 0.775. The highest BCUT2D eigenvalue weighted by Crippen LogP contribution is 2.19. The van der Waals surface area contributed by atoms with Crippen molar-refractivity contribution in [2.24, 2.45) is 0 Å². The largest absolute Gasteiger partial charge is 0.375 e. The average molecular weight is 348 g/mol. The molecule has 0 bridgehead atoms. The number of ether oxygens (including phenoxy) is 1. The van der Waals surface area contributed by atoms with Crippen LogP contribution in [-0.4, -0.2) is 51.2 Å². The van der Waals surface area contributed by atoms with E-state index >= 15 is 0 Å². The smallest absolute Gasteiger partial charge is 0.343 e. The Morgan fingerprint density at radius 2 is 2.21 bits per heavy atom. The van der Waals surface area contributed by atoms with Crippen molar-refractivity contribution in [2.75, 3.05) is 25.4 Å². The van der Waals surface area contributed by atoms with Gasteiger partial charge in [-0.1, -0.05) is 49.0 Å². The highest BCUT2D eigenvalue weighted by atomic mass is 32.2. The van der Waals surface area contributed by atoms with Crippen molar-refractivity contribution in [2.45, 2.75) is 37.7 Å². The zero-order valence-electron chi connectivity index (χ0n) is 14.0. The van der Waals surface area contributed by atoms with Crippen molar-refractivity contribution in [3.63, 3.8) is 0 Å². The number of nitrogens with zero attached hydrogens (tertiary/aromatic N) is 3. The normalized spacial score (nSPS) is 18.8. The summed E-state index contributed by atoms with van der Waals surface area (Å²) in [5, 5.41) is 7.42. The monoisotopic (exact) mass is 348 g/mol. The molecule has 2 aromatic rings. The van der Waals surface area contributed by atoms with Crippen LogP contribution in [0, 0.1) is 0 Å². The molecule has 0 spiro atoms. The summed E-state index contributed by atoms with van der Waals surface area (Å²) >= 11 is 1.59. The lowest BCUT2D eigenvalue weighted by molar-refractivity contribution is -0.0187. The SMILES string of the molecule is CCCn1c(SCC2CN(Cc3ccccc3)CCO2)n[nH]c1=O. The van der Waals surface area contributed by atoms with Gasteiger partial charge in [0.15, 0.2) is 5.16 Å². The van der Waals surface area contributed by atoms with Crippen LogP contribution in [0.4, 0.5) is 0 Å². The summed E-state index contributed by atoms with van der Waals surface area (Å²) in [6.07, 6.45) is 1.08. The first-order valence-corrected chi connectivity index (χ1v) is 9.40. The molecule has 0 radical (unpaired) electrons. The second kappa shape index (κ2) is 8.50. The predicted octanol–water partition coefficient (Wildman–Crippen LogP) is 1.97. The number of rotatable bonds is 7. The summed E-state index contributed by atoms with van der Waals surface area (Å²) in [5.41, 5.74) is 1.20. The van der Waals surface area contributed by atoms with Crippen molar-refractivity contribution in [3.8, 4) is 0 Å². The average Bonchev–Trinajstić information content (AvgIpc) is 2.95. The minimum atomic E-state index is -0.130. The van der Waals surface area contributed by atoms with E-state index in [9.17, 15) is 4.79 Å². The fourth-order valence-corrected chi connectivity index (χ4v) is 3.85. The van der Waals surface area contributed by atoms with Gasteiger partial charge in [0.05, 0.1) is 12.7 Å². The van der Waals surface area contributed by atoms with E-state index in [2.05, 4.69) is 46.3 Å². The lowest BCUT2D eigenvalue weighted by Gasteiger charge is -2.32. The van der Waals surface area contributed by atoms with Crippen LogP contribution in [0.3, 0.4) is 0 Å². The van der Waals surface area contributed by atoms with Gasteiger partial charge < -0.3 is 4.74 Å². The van der Waals surface area contributed by atoms with E-state index in [1.165, 1.54) is 5.56 Å². The van der Waals surface area contributed by atoms with Gasteiger partial charge in [0.2, 0.25) is 0 Å². The van der Waals surface area contributed by atoms with Crippen LogP contribution >= 0.6 is 11.8 Å². The van der Waals surface area contributed by atoms with E-state index in [1.807, 2.05) is 6.07 Å². The molecular weight excluding hydrogens is 324 g/mol. The van der Waals surface area contributed by atoms with Gasteiger partial charge in [0.1, 0.15) is 0 Å². The molecule has 0 aliphatic carbocycles. The van der Waals surface area contributed by atoms with Crippen molar-refractivity contribution in [1.82, 2.24) is 19.7 Å². The number of benzene rings is 1. The first-order chi connectivity index (χ1) is 11.8. The number of nitrogens with one attached hydrogen (secondary N) is 1. The number of morpholine rings is 1. The second-order valence-corrected chi connectivity index (χ2v) is 6.97. The van der Waals surface area contributed by atoms with Crippen LogP contribution in [0.25, 0.3) is 0 Å². The first-order valence-electron chi connectivity index (χ1n) is 8.42. The van der Waals surface area contributed by atoms with Crippen LogP contribution in [0.5, 0.6) is 0 Å². The molecule has 1 saturated heterocycles. The van der Waals surface area contributed by atoms with Gasteiger partial charge in [0.25, 0.3) is 0 Å². The Hall–Kier alpha value is -1.57. The Morgan fingerprint density at radius 3 is 3.00 bits per heavy atom. The van der Waals surface area contributed by atoms with E-state index < -0.39 is 0 Å². The van der Waals surface area contributed by atoms with Crippen LogP contribution in [0.1, 0.15) is 18.9 Å². The lowest BCUT2D eigenvalue weighted by atomic mass is 10.2. The third-order valence-corrected chi connectivity index (χ3v) is 5.15. The molecule has 7 heteroatoms. The minimum absolute atomic E-state index is 0.130. The van der Waals surface area contributed by atoms with E-state index in [-0.39, 0.29) is 11.8 Å². The molecule has 1 atom stereocenters. The molecule has 1 N–H and O–H groups in total. The molecule has 1 fully saturated rings. The fourth-order valence-electron chi connectivity index (χ4n) is 2.87. The first kappa shape index (κ1) is 17.3. The number of hydrogen-bond acceptors (Lipinski definition) is 5. The van der Waals surface area contributed by atoms with Gasteiger partial charge in [-0.3, -0.25) is 9.47 Å². The Labute approximate surface area is 146 Å². The Kier molecular flexibility index (Phi) is 6.12. The molecule has 1 aromatic carbocycles. The van der Waals surface area contributed by atoms with Gasteiger partial charge in [-0.05, 0) is 12.0 Å². The van der Waals surface area contributed by atoms with E-state index in [1.54, 1.807) is 16.3 Å². The zero-order valence-corrected chi connectivity index (χ0v) is 14.8. The lowest BCUT2D eigenvalue weighted by Crippen LogP contribution is -2.43. The molecule has 130 valence electrons. The summed E-state index contributed by atoms with van der Waals surface area (Å²) in [7, 11) is 0. The maximum absolute atomic E-state index is 11.7. The van der Waals surface area contributed by atoms with Crippen molar-refractivity contribution >= 4 is 11.8 Å². The fraction of sp³-hybridized carbons (Fsp3) is 0.529. The highest BCUT2D eigenvalue weighted by molar-refractivity contribution is 7.99. The van der Waals surface area contributed by atoms with Crippen LogP contribution in [-0.2, 0) is 17.8 Å². The number of thioether (sulfide) groups is 1. The van der Waals surface area contributed by atoms with Crippen molar-refractivity contribution < 1.29 is 4.74 Å². The van der Waals surface area contributed by atoms with Crippen LogP contribution in [0.15, 0.2) is 40.3 Å². The molecule has 0 amide bonds. The second-order valence-electron chi connectivity index (χ2n) is 5.99. The Balaban J connectivity index is 1.53. The van der Waals surface area contributed by atoms with Gasteiger partial charge in [-0.2, -0.15) is 0 Å². The molecule has 6 nitrogen and oxygen atoms in total. The predicted molar refractivity (Wildman–Crippen MR) is 95.3 cm³/mol. The van der Waals surface area contributed by atoms with Gasteiger partial charge in [-0.25, -0.2) is 9.89 Å². The maximum atomic E-state index is 11.7. The third-order valence-electron chi connectivity index (χ3n) is 4.04. The number of H-pyrrole nitrogens is 1. The van der Waals surface area contributed by atoms with Crippen molar-refractivity contribution in [3.05, 3.63) is 46.4 Å². The number of hydrogen-bond donors (Lipinski definition) is 1. The van der Waals surface area contributed by atoms with Gasteiger partial charge >= 0.3 is 5.69 Å². The molecule has 1 aliphatic heterocycles. The number of aromatic nitrogens is 3. The summed E-state index contributed by atoms with van der Waals surface area (Å²) in [4.78, 5) is 14.2. The molecule has 3 rings (SSSR count). The third kappa shape index (κ3) is 4.49. The van der Waals surface area contributed by atoms with Crippen LogP contribution in [0.2, 0.25) is 0 Å². The minimum Gasteiger partial charge on any atom is -0.375 e. The molecule has 1 aliphatic rings. The molecule has 1 unspecified atom stereocenters. The maximum Gasteiger partial charge on any atom is 0.343 e. The van der Waals surface area contributed by atoms with E-state index in [0.717, 1.165) is 43.6 Å². The summed E-state index contributed by atoms with van der Waals surface area (Å²) in [6, 6.07) is 10.5. The zero-order chi connectivity index (χ0) is 16.8. The molecule has 1 aromatic heterocycles. The van der Waals surface area contributed by atoms with E-state index in [4.69, 9.17) is 4.74 Å². The topological polar surface area (TPSA) is 63.1 Å². The number of aromatic amines is 1. The van der Waals surface area contributed by atoms with E-state index in [0.29, 0.717) is 6.54 Å². The Bertz CT molecular complexity index is 685. The molecule has 2 heterocycles. The Morgan fingerprint density at radius 1 is 1.38 bits per heavy atom. The van der Waals surface area contributed by atoms with Crippen molar-refractivity contribution in [1.29, 1.82) is 0 Å². The summed E-state index contributed by atoms with van der Waals surface area (Å²) in [5.74, 6) is 0.805. The molecular formula is C17H24N4O2S. The summed E-state index contributed by atoms with van der Waals surface area (Å²) < 4.78 is 7.59.